The number of hydrogen-bond acceptors (Lipinski definition) is 23. The van der Waals surface area contributed by atoms with E-state index in [4.69, 9.17) is 34.2 Å². The molecule has 26 heteroatoms. The molecule has 90 heavy (non-hydrogen) atoms. The highest BCUT2D eigenvalue weighted by Crippen LogP contribution is 2.56. The van der Waals surface area contributed by atoms with Crippen molar-refractivity contribution in [2.24, 2.45) is 47.2 Å². The topological polar surface area (TPSA) is 414 Å². The molecular formula is C64H99N5O21. The molecule has 1 aromatic rings. The van der Waals surface area contributed by atoms with Crippen LogP contribution in [0.2, 0.25) is 0 Å². The molecule has 3 saturated heterocycles. The van der Waals surface area contributed by atoms with Crippen LogP contribution in [-0.4, -0.2) is 210 Å². The number of methoxy groups -OCH3 is 1. The summed E-state index contributed by atoms with van der Waals surface area (Å²) in [7, 11) is 1.46. The highest BCUT2D eigenvalue weighted by molar-refractivity contribution is 6.24. The van der Waals surface area contributed by atoms with Crippen molar-refractivity contribution in [1.82, 2.24) is 21.3 Å². The van der Waals surface area contributed by atoms with Gasteiger partial charge in [0.1, 0.15) is 41.0 Å². The van der Waals surface area contributed by atoms with E-state index in [0.29, 0.717) is 6.42 Å². The van der Waals surface area contributed by atoms with Crippen LogP contribution < -0.4 is 27.0 Å². The van der Waals surface area contributed by atoms with Gasteiger partial charge in [0.2, 0.25) is 17.6 Å². The maximum absolute atomic E-state index is 14.5. The average molecular weight is 1270 g/mol. The van der Waals surface area contributed by atoms with Gasteiger partial charge in [-0.15, -0.1) is 0 Å². The molecule has 3 amide bonds. The lowest BCUT2D eigenvalue weighted by atomic mass is 9.54. The summed E-state index contributed by atoms with van der Waals surface area (Å²) < 4.78 is 37.8. The van der Waals surface area contributed by atoms with Crippen LogP contribution >= 0.6 is 0 Å². The summed E-state index contributed by atoms with van der Waals surface area (Å²) in [6.07, 6.45) is -11.0. The highest BCUT2D eigenvalue weighted by Gasteiger charge is 2.66. The molecule has 10 unspecified atom stereocenters. The predicted molar refractivity (Wildman–Crippen MR) is 323 cm³/mol. The van der Waals surface area contributed by atoms with Gasteiger partial charge in [-0.25, -0.2) is 0 Å². The zero-order valence-corrected chi connectivity index (χ0v) is 54.1. The molecule has 0 aromatic heterocycles. The highest BCUT2D eigenvalue weighted by atomic mass is 16.7. The Balaban J connectivity index is 1.02. The SMILES string of the molecule is CC[C@H]1OC(=O)[C@H](C)[C@@H](OC2CC(C)(OC)C(O)C(C)O2)C(C)[C@@H](OC2OC(C)CC(C)C2O)[C@](C)(O)C[C@@H](C)[C@H](NCCNC(=O)CCC(=O)NCCNC2C(=O)C(C(N)=O)=C(O)[C@@]3(O)C(=O)C4=C(O)c5ccccc5[C@@](C)(O)[C@H]4C[C@@H]23)[C@H](C)[C@@H](O)[C@]1(C)O. The van der Waals surface area contributed by atoms with E-state index in [0.717, 1.165) is 0 Å². The van der Waals surface area contributed by atoms with Crippen molar-refractivity contribution in [3.05, 3.63) is 52.3 Å². The Labute approximate surface area is 526 Å². The number of rotatable bonds is 18. The maximum Gasteiger partial charge on any atom is 0.311 e. The second-order valence-electron chi connectivity index (χ2n) is 27.2. The first kappa shape index (κ1) is 72.4. The fourth-order valence-corrected chi connectivity index (χ4v) is 15.1. The van der Waals surface area contributed by atoms with Gasteiger partial charge in [0.05, 0.1) is 59.3 Å². The maximum atomic E-state index is 14.5. The van der Waals surface area contributed by atoms with Gasteiger partial charge < -0.3 is 101 Å². The number of ketones is 2. The van der Waals surface area contributed by atoms with Crippen LogP contribution in [0.15, 0.2) is 41.2 Å². The van der Waals surface area contributed by atoms with E-state index in [2.05, 4.69) is 21.3 Å². The van der Waals surface area contributed by atoms with Crippen LogP contribution in [0.5, 0.6) is 0 Å². The number of benzene rings is 1. The number of cyclic esters (lactones) is 1. The van der Waals surface area contributed by atoms with Crippen molar-refractivity contribution in [3.8, 4) is 0 Å². The van der Waals surface area contributed by atoms with E-state index in [-0.39, 0.29) is 87.9 Å². The number of aliphatic hydroxyl groups is 9. The predicted octanol–water partition coefficient (Wildman–Crippen LogP) is 0.858. The molecule has 6 aliphatic rings. The minimum Gasteiger partial charge on any atom is -0.508 e. The Morgan fingerprint density at radius 2 is 1.38 bits per heavy atom. The van der Waals surface area contributed by atoms with E-state index in [1.165, 1.54) is 27.0 Å². The number of carbonyl (C=O) groups excluding carboxylic acids is 6. The third-order valence-electron chi connectivity index (χ3n) is 20.4. The van der Waals surface area contributed by atoms with Gasteiger partial charge in [-0.2, -0.15) is 0 Å². The fraction of sp³-hybridized carbons (Fsp3) is 0.750. The molecule has 4 fully saturated rings. The molecule has 7 rings (SSSR count). The summed E-state index contributed by atoms with van der Waals surface area (Å²) >= 11 is 0. The van der Waals surface area contributed by atoms with Gasteiger partial charge in [-0.3, -0.25) is 28.8 Å². The fourth-order valence-electron chi connectivity index (χ4n) is 15.1. The van der Waals surface area contributed by atoms with Crippen LogP contribution in [0.3, 0.4) is 0 Å². The lowest BCUT2D eigenvalue weighted by Gasteiger charge is -2.52. The zero-order chi connectivity index (χ0) is 67.1. The van der Waals surface area contributed by atoms with E-state index in [9.17, 15) is 74.7 Å². The molecule has 15 N–H and O–H groups in total. The molecule has 1 saturated carbocycles. The van der Waals surface area contributed by atoms with Crippen molar-refractivity contribution in [2.75, 3.05) is 33.3 Å². The molecule has 3 heterocycles. The summed E-state index contributed by atoms with van der Waals surface area (Å²) in [4.78, 5) is 81.8. The van der Waals surface area contributed by atoms with Gasteiger partial charge in [-0.1, -0.05) is 58.9 Å². The number of amides is 3. The quantitative estimate of drug-likeness (QED) is 0.0550. The van der Waals surface area contributed by atoms with Gasteiger partial charge in [0.25, 0.3) is 5.91 Å². The molecule has 0 spiro atoms. The molecule has 1 aromatic carbocycles. The number of aliphatic hydroxyl groups excluding tert-OH is 5. The van der Waals surface area contributed by atoms with Gasteiger partial charge in [0.15, 0.2) is 24.0 Å². The summed E-state index contributed by atoms with van der Waals surface area (Å²) in [6.45, 7) is 19.8. The number of primary amides is 1. The molecule has 3 aliphatic heterocycles. The van der Waals surface area contributed by atoms with Crippen LogP contribution in [0.25, 0.3) is 5.76 Å². The van der Waals surface area contributed by atoms with Gasteiger partial charge >= 0.3 is 5.97 Å². The van der Waals surface area contributed by atoms with E-state index in [1.54, 1.807) is 66.7 Å². The van der Waals surface area contributed by atoms with Crippen LogP contribution in [0, 0.1) is 41.4 Å². The summed E-state index contributed by atoms with van der Waals surface area (Å²) in [6, 6.07) is 3.95. The Hall–Kier alpha value is -5.04. The summed E-state index contributed by atoms with van der Waals surface area (Å²) in [5, 5.41) is 118. The van der Waals surface area contributed by atoms with Crippen LogP contribution in [-0.2, 0) is 62.8 Å². The molecule has 0 radical (unpaired) electrons. The van der Waals surface area contributed by atoms with Crippen LogP contribution in [0.1, 0.15) is 139 Å². The van der Waals surface area contributed by atoms with Crippen molar-refractivity contribution in [1.29, 1.82) is 0 Å². The summed E-state index contributed by atoms with van der Waals surface area (Å²) in [5.41, 5.74) is -5.23. The molecule has 26 nitrogen and oxygen atoms in total. The van der Waals surface area contributed by atoms with Crippen molar-refractivity contribution in [3.63, 3.8) is 0 Å². The Morgan fingerprint density at radius 3 is 1.98 bits per heavy atom. The number of ether oxygens (including phenoxy) is 6. The van der Waals surface area contributed by atoms with Crippen molar-refractivity contribution >= 4 is 41.0 Å². The number of esters is 1. The smallest absolute Gasteiger partial charge is 0.311 e. The molecule has 0 bridgehead atoms. The minimum atomic E-state index is -2.93. The summed E-state index contributed by atoms with van der Waals surface area (Å²) in [5.74, 6) is -13.7. The molecule has 506 valence electrons. The Morgan fingerprint density at radius 1 is 0.767 bits per heavy atom. The first-order chi connectivity index (χ1) is 41.9. The minimum absolute atomic E-state index is 0.00870. The molecule has 3 aliphatic carbocycles. The van der Waals surface area contributed by atoms with E-state index < -0.39 is 189 Å². The third-order valence-corrected chi connectivity index (χ3v) is 20.4. The standard InChI is InChI=1S/C64H99N5O21/c1-14-40-63(12,83)52(75)32(5)46(30(3)27-60(9,81)56(90-59-48(72)29(2)25-31(4)86-59)33(6)51(34(7)58(80)88-40)89-43-28-61(10,85-13)53(76)35(8)87-43)68-23-21-66-41(70)19-20-42(71)67-22-24-69-47-39-26-38-44(49(73)36-17-15-16-18-37(36)62(38,11)82)54(77)64(39,84)55(78)45(50(47)74)57(65)79/h15-18,29-35,38-40,43,46-48,51-53,56,59,68-69,72-73,75-76,78,81-84H,14,19-28H2,1-13H3,(H2,65,79)(H,66,70)(H,67,71)/t29?,30-,31?,32+,33?,34-,35?,38+,39+,40-,43?,46+,47?,48?,51+,52-,53?,56-,59?,60-,61?,62-,63-,64+/m1/s1. The number of hydrogen-bond donors (Lipinski definition) is 14. The first-order valence-electron chi connectivity index (χ1n) is 31.6. The van der Waals surface area contributed by atoms with Crippen molar-refractivity contribution < 1.29 is 103 Å². The van der Waals surface area contributed by atoms with E-state index in [1.807, 2.05) is 20.8 Å². The third kappa shape index (κ3) is 14.2. The number of fused-ring (bicyclic) bond motifs is 3. The lowest BCUT2D eigenvalue weighted by Crippen LogP contribution is -2.67. The zero-order valence-electron chi connectivity index (χ0n) is 54.1. The number of nitrogens with two attached hydrogens (primary N) is 1. The normalized spacial score (nSPS) is 42.0. The molecular weight excluding hydrogens is 1170 g/mol. The average Bonchev–Trinajstić information content (AvgIpc) is 0.694. The largest absolute Gasteiger partial charge is 0.508 e. The molecule has 24 atom stereocenters. The van der Waals surface area contributed by atoms with Gasteiger partial charge in [-0.05, 0) is 91.5 Å². The Kier molecular flexibility index (Phi) is 22.7. The van der Waals surface area contributed by atoms with Gasteiger partial charge in [0, 0.05) is 93.4 Å². The second kappa shape index (κ2) is 28.3. The number of carbonyl (C=O) groups is 6. The van der Waals surface area contributed by atoms with Crippen LogP contribution in [0.4, 0.5) is 0 Å². The second-order valence-corrected chi connectivity index (χ2v) is 27.2. The number of Topliss-reactive ketones (excluding diaryl/α,β-unsaturated/α-hetero) is 2. The Bertz CT molecular complexity index is 2860. The van der Waals surface area contributed by atoms with Crippen molar-refractivity contribution in [2.45, 2.75) is 230 Å². The van der Waals surface area contributed by atoms with E-state index >= 15 is 0 Å². The monoisotopic (exact) mass is 1270 g/mol. The first-order valence-corrected chi connectivity index (χ1v) is 31.6. The lowest BCUT2D eigenvalue weighted by molar-refractivity contribution is -0.318. The number of nitrogens with one attached hydrogen (secondary N) is 4.